The molecule has 19 heavy (non-hydrogen) atoms. The summed E-state index contributed by atoms with van der Waals surface area (Å²) >= 11 is 0. The van der Waals surface area contributed by atoms with Gasteiger partial charge in [-0.1, -0.05) is 44.5 Å². The van der Waals surface area contributed by atoms with E-state index in [1.165, 1.54) is 0 Å². The van der Waals surface area contributed by atoms with E-state index in [-0.39, 0.29) is 0 Å². The summed E-state index contributed by atoms with van der Waals surface area (Å²) < 4.78 is 11.9. The summed E-state index contributed by atoms with van der Waals surface area (Å²) in [6.45, 7) is 5.41. The average Bonchev–Trinajstić information content (AvgIpc) is 2.71. The molecule has 4 nitrogen and oxygen atoms in total. The molecule has 0 fully saturated rings. The van der Waals surface area contributed by atoms with Crippen LogP contribution in [0.1, 0.15) is 44.2 Å². The molecule has 1 unspecified atom stereocenters. The van der Waals surface area contributed by atoms with Crippen molar-refractivity contribution in [2.45, 2.75) is 39.0 Å². The van der Waals surface area contributed by atoms with Crippen molar-refractivity contribution in [3.8, 4) is 0 Å². The lowest BCUT2D eigenvalue weighted by Crippen LogP contribution is -2.45. The van der Waals surface area contributed by atoms with Crippen molar-refractivity contribution in [3.05, 3.63) is 35.4 Å². The molecule has 0 bridgehead atoms. The minimum absolute atomic E-state index is 0.364. The molecule has 4 heteroatoms. The van der Waals surface area contributed by atoms with Gasteiger partial charge in [-0.3, -0.25) is 5.41 Å². The zero-order valence-corrected chi connectivity index (χ0v) is 11.7. The number of hydrogen-bond donors (Lipinski definition) is 2. The van der Waals surface area contributed by atoms with Gasteiger partial charge in [0.1, 0.15) is 5.84 Å². The zero-order chi connectivity index (χ0) is 13.7. The smallest absolute Gasteiger partial charge is 0.279 e. The fourth-order valence-corrected chi connectivity index (χ4v) is 2.16. The van der Waals surface area contributed by atoms with E-state index in [0.29, 0.717) is 19.0 Å². The van der Waals surface area contributed by atoms with Gasteiger partial charge in [-0.25, -0.2) is 0 Å². The second-order valence-corrected chi connectivity index (χ2v) is 4.71. The standard InChI is InChI=1S/C15H22N2O2/c1-3-5-11-19-15(18-10-4-2)13-9-7-6-8-12(13)14(16)17-15/h6-9H,3-5,10-11H2,1-2H3,(H2,16,17). The second-order valence-electron chi connectivity index (χ2n) is 4.71. The van der Waals surface area contributed by atoms with Gasteiger partial charge >= 0.3 is 0 Å². The number of amidine groups is 1. The number of unbranched alkanes of at least 4 members (excludes halogenated alkanes) is 1. The Morgan fingerprint density at radius 3 is 2.58 bits per heavy atom. The van der Waals surface area contributed by atoms with Crippen LogP contribution in [0.3, 0.4) is 0 Å². The maximum atomic E-state index is 8.03. The van der Waals surface area contributed by atoms with E-state index >= 15 is 0 Å². The third kappa shape index (κ3) is 2.80. The number of ether oxygens (including phenoxy) is 2. The molecular formula is C15H22N2O2. The maximum absolute atomic E-state index is 8.03. The van der Waals surface area contributed by atoms with Crippen LogP contribution in [0.2, 0.25) is 0 Å². The largest absolute Gasteiger partial charge is 0.329 e. The maximum Gasteiger partial charge on any atom is 0.279 e. The molecule has 1 aliphatic heterocycles. The Labute approximate surface area is 114 Å². The molecule has 1 heterocycles. The minimum atomic E-state index is -0.973. The summed E-state index contributed by atoms with van der Waals surface area (Å²) in [7, 11) is 0. The van der Waals surface area contributed by atoms with Gasteiger partial charge in [0, 0.05) is 11.1 Å². The van der Waals surface area contributed by atoms with Crippen LogP contribution in [-0.2, 0) is 15.4 Å². The molecule has 0 aliphatic carbocycles. The van der Waals surface area contributed by atoms with Gasteiger partial charge in [0.2, 0.25) is 0 Å². The number of benzene rings is 1. The molecule has 104 valence electrons. The Morgan fingerprint density at radius 2 is 1.84 bits per heavy atom. The van der Waals surface area contributed by atoms with E-state index in [1.54, 1.807) is 0 Å². The monoisotopic (exact) mass is 262 g/mol. The number of nitrogens with one attached hydrogen (secondary N) is 2. The second kappa shape index (κ2) is 6.17. The van der Waals surface area contributed by atoms with Gasteiger partial charge in [-0.05, 0) is 12.8 Å². The van der Waals surface area contributed by atoms with Crippen molar-refractivity contribution in [2.75, 3.05) is 13.2 Å². The Morgan fingerprint density at radius 1 is 1.11 bits per heavy atom. The molecule has 1 aromatic carbocycles. The predicted molar refractivity (Wildman–Crippen MR) is 75.2 cm³/mol. The first-order valence-corrected chi connectivity index (χ1v) is 6.98. The summed E-state index contributed by atoms with van der Waals surface area (Å²) in [5.41, 5.74) is 1.76. The lowest BCUT2D eigenvalue weighted by atomic mass is 10.1. The van der Waals surface area contributed by atoms with Crippen molar-refractivity contribution < 1.29 is 9.47 Å². The van der Waals surface area contributed by atoms with Gasteiger partial charge in [0.05, 0.1) is 13.2 Å². The summed E-state index contributed by atoms with van der Waals surface area (Å²) in [6, 6.07) is 7.76. The third-order valence-corrected chi connectivity index (χ3v) is 3.15. The van der Waals surface area contributed by atoms with Gasteiger partial charge < -0.3 is 14.8 Å². The van der Waals surface area contributed by atoms with Crippen LogP contribution in [0.4, 0.5) is 0 Å². The molecule has 0 aromatic heterocycles. The topological polar surface area (TPSA) is 54.3 Å². The molecule has 0 saturated carbocycles. The first-order valence-electron chi connectivity index (χ1n) is 6.98. The van der Waals surface area contributed by atoms with Gasteiger partial charge in [-0.15, -0.1) is 0 Å². The van der Waals surface area contributed by atoms with E-state index in [4.69, 9.17) is 14.9 Å². The molecule has 1 atom stereocenters. The highest BCUT2D eigenvalue weighted by atomic mass is 16.7. The highest BCUT2D eigenvalue weighted by Gasteiger charge is 2.43. The first-order chi connectivity index (χ1) is 9.23. The van der Waals surface area contributed by atoms with Gasteiger partial charge in [0.25, 0.3) is 5.91 Å². The average molecular weight is 262 g/mol. The normalized spacial score (nSPS) is 21.3. The molecule has 0 spiro atoms. The Hall–Kier alpha value is -1.39. The number of hydrogen-bond acceptors (Lipinski definition) is 3. The molecule has 0 amide bonds. The van der Waals surface area contributed by atoms with Crippen LogP contribution in [-0.4, -0.2) is 19.0 Å². The van der Waals surface area contributed by atoms with Crippen LogP contribution in [0.5, 0.6) is 0 Å². The van der Waals surface area contributed by atoms with Crippen molar-refractivity contribution in [2.24, 2.45) is 0 Å². The van der Waals surface area contributed by atoms with E-state index < -0.39 is 5.91 Å². The van der Waals surface area contributed by atoms with E-state index in [0.717, 1.165) is 30.4 Å². The summed E-state index contributed by atoms with van der Waals surface area (Å²) in [6.07, 6.45) is 2.97. The van der Waals surface area contributed by atoms with Crippen molar-refractivity contribution in [3.63, 3.8) is 0 Å². The van der Waals surface area contributed by atoms with Gasteiger partial charge in [-0.2, -0.15) is 0 Å². The number of rotatable bonds is 7. The minimum Gasteiger partial charge on any atom is -0.329 e. The summed E-state index contributed by atoms with van der Waals surface area (Å²) in [5.74, 6) is -0.609. The highest BCUT2D eigenvalue weighted by molar-refractivity contribution is 6.01. The Bertz CT molecular complexity index is 448. The van der Waals surface area contributed by atoms with E-state index in [2.05, 4.69) is 19.2 Å². The molecule has 0 saturated heterocycles. The first kappa shape index (κ1) is 14.0. The molecule has 1 aromatic rings. The van der Waals surface area contributed by atoms with Crippen LogP contribution in [0.15, 0.2) is 24.3 Å². The van der Waals surface area contributed by atoms with Crippen LogP contribution in [0.25, 0.3) is 0 Å². The highest BCUT2D eigenvalue weighted by Crippen LogP contribution is 2.33. The van der Waals surface area contributed by atoms with Crippen LogP contribution >= 0.6 is 0 Å². The molecule has 1 aliphatic rings. The van der Waals surface area contributed by atoms with E-state index in [1.807, 2.05) is 24.3 Å². The Kier molecular flexibility index (Phi) is 4.56. The van der Waals surface area contributed by atoms with Crippen LogP contribution < -0.4 is 5.32 Å². The fourth-order valence-electron chi connectivity index (χ4n) is 2.16. The van der Waals surface area contributed by atoms with Crippen molar-refractivity contribution in [1.29, 1.82) is 5.41 Å². The zero-order valence-electron chi connectivity index (χ0n) is 11.7. The predicted octanol–water partition coefficient (Wildman–Crippen LogP) is 2.97. The van der Waals surface area contributed by atoms with E-state index in [9.17, 15) is 0 Å². The quantitative estimate of drug-likeness (QED) is 0.586. The molecule has 2 N–H and O–H groups in total. The Balaban J connectivity index is 2.26. The summed E-state index contributed by atoms with van der Waals surface area (Å²) in [5, 5.41) is 11.1. The van der Waals surface area contributed by atoms with Crippen molar-refractivity contribution in [1.82, 2.24) is 5.32 Å². The lowest BCUT2D eigenvalue weighted by molar-refractivity contribution is -0.254. The molecular weight excluding hydrogens is 240 g/mol. The fraction of sp³-hybridized carbons (Fsp3) is 0.533. The molecule has 2 rings (SSSR count). The SMILES string of the molecule is CCCCOC1(OCCC)NC(=N)c2ccccc21. The summed E-state index contributed by atoms with van der Waals surface area (Å²) in [4.78, 5) is 0. The van der Waals surface area contributed by atoms with Crippen LogP contribution in [0, 0.1) is 5.41 Å². The number of fused-ring (bicyclic) bond motifs is 1. The van der Waals surface area contributed by atoms with Gasteiger partial charge in [0.15, 0.2) is 0 Å². The molecule has 0 radical (unpaired) electrons. The van der Waals surface area contributed by atoms with Crippen molar-refractivity contribution >= 4 is 5.84 Å². The third-order valence-electron chi connectivity index (χ3n) is 3.15. The lowest BCUT2D eigenvalue weighted by Gasteiger charge is -2.30.